The van der Waals surface area contributed by atoms with Gasteiger partial charge in [-0.1, -0.05) is 0 Å². The molecule has 0 saturated carbocycles. The van der Waals surface area contributed by atoms with Gasteiger partial charge in [0.1, 0.15) is 0 Å². The number of likely N-dealkylation sites (tertiary alicyclic amines) is 1. The van der Waals surface area contributed by atoms with Crippen molar-refractivity contribution in [2.24, 2.45) is 16.6 Å². The van der Waals surface area contributed by atoms with Gasteiger partial charge in [-0.05, 0) is 53.5 Å². The first-order valence-corrected chi connectivity index (χ1v) is 6.60. The maximum absolute atomic E-state index is 5.86. The number of nitrogens with zero attached hydrogens (tertiary/aromatic N) is 2. The minimum absolute atomic E-state index is 0.00672. The number of hydrogen-bond donors (Lipinski definition) is 2. The van der Waals surface area contributed by atoms with E-state index in [1.807, 2.05) is 0 Å². The summed E-state index contributed by atoms with van der Waals surface area (Å²) in [6, 6.07) is 0.647. The van der Waals surface area contributed by atoms with E-state index < -0.39 is 0 Å². The lowest BCUT2D eigenvalue weighted by Crippen LogP contribution is -2.45. The molecule has 1 atom stereocenters. The Bertz CT molecular complexity index is 265. The van der Waals surface area contributed by atoms with Crippen LogP contribution >= 0.6 is 0 Å². The summed E-state index contributed by atoms with van der Waals surface area (Å²) < 4.78 is 0. The van der Waals surface area contributed by atoms with E-state index in [0.717, 1.165) is 13.1 Å². The van der Waals surface area contributed by atoms with Crippen molar-refractivity contribution in [1.82, 2.24) is 10.2 Å². The van der Waals surface area contributed by atoms with Crippen LogP contribution in [0, 0.1) is 5.92 Å². The summed E-state index contributed by atoms with van der Waals surface area (Å²) in [6.07, 6.45) is 1.24. The molecule has 0 spiro atoms. The van der Waals surface area contributed by atoms with Gasteiger partial charge in [-0.25, -0.2) is 0 Å². The molecule has 100 valence electrons. The molecule has 0 amide bonds. The number of guanidine groups is 1. The third-order valence-corrected chi connectivity index (χ3v) is 3.07. The third kappa shape index (κ3) is 5.39. The Morgan fingerprint density at radius 1 is 1.47 bits per heavy atom. The number of nitrogens with one attached hydrogen (secondary N) is 1. The van der Waals surface area contributed by atoms with Crippen molar-refractivity contribution < 1.29 is 0 Å². The minimum atomic E-state index is -0.00672. The van der Waals surface area contributed by atoms with Crippen molar-refractivity contribution in [3.63, 3.8) is 0 Å². The van der Waals surface area contributed by atoms with Gasteiger partial charge >= 0.3 is 0 Å². The molecule has 0 aromatic carbocycles. The molecule has 0 aromatic rings. The van der Waals surface area contributed by atoms with E-state index in [2.05, 4.69) is 49.8 Å². The Labute approximate surface area is 106 Å². The van der Waals surface area contributed by atoms with Gasteiger partial charge in [-0.2, -0.15) is 0 Å². The highest BCUT2D eigenvalue weighted by Gasteiger charge is 2.23. The van der Waals surface area contributed by atoms with E-state index in [9.17, 15) is 0 Å². The van der Waals surface area contributed by atoms with Crippen LogP contribution < -0.4 is 11.1 Å². The molecule has 0 aromatic heterocycles. The largest absolute Gasteiger partial charge is 0.370 e. The first kappa shape index (κ1) is 14.3. The summed E-state index contributed by atoms with van der Waals surface area (Å²) in [6.45, 7) is 14.0. The van der Waals surface area contributed by atoms with Crippen molar-refractivity contribution in [2.45, 2.75) is 52.6 Å². The van der Waals surface area contributed by atoms with Gasteiger partial charge in [0, 0.05) is 24.7 Å². The first-order valence-electron chi connectivity index (χ1n) is 6.60. The molecule has 1 aliphatic rings. The monoisotopic (exact) mass is 240 g/mol. The van der Waals surface area contributed by atoms with Gasteiger partial charge in [0.05, 0.1) is 0 Å². The number of hydrogen-bond acceptors (Lipinski definition) is 2. The van der Waals surface area contributed by atoms with Crippen LogP contribution in [-0.4, -0.2) is 42.1 Å². The lowest BCUT2D eigenvalue weighted by molar-refractivity contribution is 0.266. The zero-order valence-corrected chi connectivity index (χ0v) is 12.0. The van der Waals surface area contributed by atoms with Gasteiger partial charge in [-0.15, -0.1) is 0 Å². The second-order valence-electron chi connectivity index (χ2n) is 6.34. The Kier molecular flexibility index (Phi) is 4.80. The molecule has 1 fully saturated rings. The Hall–Kier alpha value is -0.770. The van der Waals surface area contributed by atoms with Crippen LogP contribution in [0.15, 0.2) is 4.99 Å². The van der Waals surface area contributed by atoms with E-state index in [-0.39, 0.29) is 5.54 Å². The fourth-order valence-corrected chi connectivity index (χ4v) is 2.13. The zero-order chi connectivity index (χ0) is 13.1. The normalized spacial score (nSPS) is 23.4. The van der Waals surface area contributed by atoms with Crippen molar-refractivity contribution in [2.75, 3.05) is 19.6 Å². The van der Waals surface area contributed by atoms with Crippen molar-refractivity contribution in [3.8, 4) is 0 Å². The van der Waals surface area contributed by atoms with E-state index in [1.54, 1.807) is 0 Å². The average molecular weight is 240 g/mol. The Balaban J connectivity index is 2.34. The van der Waals surface area contributed by atoms with E-state index in [4.69, 9.17) is 5.73 Å². The SMILES string of the molecule is CC(C)N1CCC(CN=C(N)NC(C)(C)C)C1. The molecule has 1 saturated heterocycles. The Morgan fingerprint density at radius 3 is 2.59 bits per heavy atom. The van der Waals surface area contributed by atoms with Crippen LogP contribution in [0.2, 0.25) is 0 Å². The van der Waals surface area contributed by atoms with E-state index >= 15 is 0 Å². The summed E-state index contributed by atoms with van der Waals surface area (Å²) >= 11 is 0. The van der Waals surface area contributed by atoms with Crippen LogP contribution in [0.1, 0.15) is 41.0 Å². The zero-order valence-electron chi connectivity index (χ0n) is 12.0. The summed E-state index contributed by atoms with van der Waals surface area (Å²) in [5, 5.41) is 3.19. The molecule has 17 heavy (non-hydrogen) atoms. The van der Waals surface area contributed by atoms with Crippen molar-refractivity contribution in [3.05, 3.63) is 0 Å². The van der Waals surface area contributed by atoms with Gasteiger partial charge in [0.15, 0.2) is 5.96 Å². The quantitative estimate of drug-likeness (QED) is 0.579. The summed E-state index contributed by atoms with van der Waals surface area (Å²) in [5.74, 6) is 1.23. The van der Waals surface area contributed by atoms with Crippen LogP contribution in [0.4, 0.5) is 0 Å². The fraction of sp³-hybridized carbons (Fsp3) is 0.923. The minimum Gasteiger partial charge on any atom is -0.370 e. The van der Waals surface area contributed by atoms with Crippen LogP contribution in [0.3, 0.4) is 0 Å². The maximum atomic E-state index is 5.86. The lowest BCUT2D eigenvalue weighted by atomic mass is 10.1. The number of rotatable bonds is 3. The standard InChI is InChI=1S/C13H28N4/c1-10(2)17-7-6-11(9-17)8-15-12(14)16-13(3,4)5/h10-11H,6-9H2,1-5H3,(H3,14,15,16). The number of nitrogens with two attached hydrogens (primary N) is 1. The molecule has 4 heteroatoms. The summed E-state index contributed by atoms with van der Waals surface area (Å²) in [7, 11) is 0. The van der Waals surface area contributed by atoms with Crippen molar-refractivity contribution >= 4 is 5.96 Å². The predicted molar refractivity (Wildman–Crippen MR) is 74.2 cm³/mol. The van der Waals surface area contributed by atoms with Crippen LogP contribution in [0.25, 0.3) is 0 Å². The van der Waals surface area contributed by atoms with Gasteiger partial charge in [0.25, 0.3) is 0 Å². The van der Waals surface area contributed by atoms with E-state index in [0.29, 0.717) is 17.9 Å². The smallest absolute Gasteiger partial charge is 0.188 e. The Morgan fingerprint density at radius 2 is 2.12 bits per heavy atom. The molecular formula is C13H28N4. The lowest BCUT2D eigenvalue weighted by Gasteiger charge is -2.21. The summed E-state index contributed by atoms with van der Waals surface area (Å²) in [5.41, 5.74) is 5.85. The molecular weight excluding hydrogens is 212 g/mol. The molecule has 4 nitrogen and oxygen atoms in total. The molecule has 0 radical (unpaired) electrons. The molecule has 0 aliphatic carbocycles. The van der Waals surface area contributed by atoms with Crippen LogP contribution in [-0.2, 0) is 0 Å². The van der Waals surface area contributed by atoms with E-state index in [1.165, 1.54) is 13.0 Å². The summed E-state index contributed by atoms with van der Waals surface area (Å²) in [4.78, 5) is 6.95. The van der Waals surface area contributed by atoms with Gasteiger partial charge in [-0.3, -0.25) is 4.99 Å². The van der Waals surface area contributed by atoms with Gasteiger partial charge < -0.3 is 16.0 Å². The third-order valence-electron chi connectivity index (χ3n) is 3.07. The molecule has 1 unspecified atom stereocenters. The highest BCUT2D eigenvalue weighted by molar-refractivity contribution is 5.78. The van der Waals surface area contributed by atoms with Gasteiger partial charge in [0.2, 0.25) is 0 Å². The second-order valence-corrected chi connectivity index (χ2v) is 6.34. The topological polar surface area (TPSA) is 53.6 Å². The molecule has 1 heterocycles. The second kappa shape index (κ2) is 5.71. The first-order chi connectivity index (χ1) is 7.78. The fourth-order valence-electron chi connectivity index (χ4n) is 2.13. The molecule has 1 rings (SSSR count). The highest BCUT2D eigenvalue weighted by atomic mass is 15.2. The molecule has 0 bridgehead atoms. The van der Waals surface area contributed by atoms with Crippen molar-refractivity contribution in [1.29, 1.82) is 0 Å². The molecule has 3 N–H and O–H groups in total. The predicted octanol–water partition coefficient (Wildman–Crippen LogP) is 1.42. The number of aliphatic imine (C=N–C) groups is 1. The molecule has 1 aliphatic heterocycles. The highest BCUT2D eigenvalue weighted by Crippen LogP contribution is 2.18. The maximum Gasteiger partial charge on any atom is 0.188 e. The van der Waals surface area contributed by atoms with Crippen LogP contribution in [0.5, 0.6) is 0 Å². The average Bonchev–Trinajstić information content (AvgIpc) is 2.60.